The van der Waals surface area contributed by atoms with Gasteiger partial charge in [0.25, 0.3) is 5.91 Å². The normalized spacial score (nSPS) is 28.9. The molecule has 16 nitrogen and oxygen atoms in total. The Hall–Kier alpha value is -5.03. The molecule has 9 N–H and O–H groups in total. The van der Waals surface area contributed by atoms with E-state index in [1.165, 1.54) is 12.1 Å². The lowest BCUT2D eigenvalue weighted by Crippen LogP contribution is -2.63. The highest BCUT2D eigenvalue weighted by atomic mass is 16.8. The molecule has 3 aromatic rings. The van der Waals surface area contributed by atoms with Crippen LogP contribution in [0.4, 0.5) is 0 Å². The van der Waals surface area contributed by atoms with E-state index in [2.05, 4.69) is 31.6 Å². The maximum atomic E-state index is 14.4. The fraction of sp³-hybridized carbons (Fsp3) is 0.513. The zero-order valence-electron chi connectivity index (χ0n) is 31.4. The first kappa shape index (κ1) is 39.7. The maximum absolute atomic E-state index is 14.4. The number of rotatable bonds is 9. The van der Waals surface area contributed by atoms with Crippen LogP contribution >= 0.6 is 0 Å². The molecule has 1 aromatic heterocycles. The van der Waals surface area contributed by atoms with Gasteiger partial charge in [-0.3, -0.25) is 24.0 Å². The third-order valence-electron chi connectivity index (χ3n) is 10.2. The first-order valence-electron chi connectivity index (χ1n) is 18.8. The summed E-state index contributed by atoms with van der Waals surface area (Å²) in [6, 6.07) is 8.00. The fourth-order valence-electron chi connectivity index (χ4n) is 7.30. The molecular formula is C39H51N7O9. The number of aromatic amines is 1. The molecule has 1 unspecified atom stereocenters. The van der Waals surface area contributed by atoms with Gasteiger partial charge in [0.05, 0.1) is 6.04 Å². The van der Waals surface area contributed by atoms with Crippen molar-refractivity contribution in [1.29, 1.82) is 0 Å². The molecule has 4 heterocycles. The van der Waals surface area contributed by atoms with Crippen LogP contribution in [0, 0.1) is 5.92 Å². The number of ether oxygens (including phenoxy) is 3. The zero-order chi connectivity index (χ0) is 39.4. The van der Waals surface area contributed by atoms with Crippen molar-refractivity contribution in [1.82, 2.24) is 31.6 Å². The quantitative estimate of drug-likeness (QED) is 0.143. The van der Waals surface area contributed by atoms with E-state index in [0.717, 1.165) is 16.5 Å². The third-order valence-corrected chi connectivity index (χ3v) is 10.2. The van der Waals surface area contributed by atoms with Crippen LogP contribution in [0.3, 0.4) is 0 Å². The minimum atomic E-state index is -1.36. The second-order valence-corrected chi connectivity index (χ2v) is 15.2. The van der Waals surface area contributed by atoms with Crippen molar-refractivity contribution in [3.8, 4) is 5.75 Å². The predicted octanol–water partition coefficient (Wildman–Crippen LogP) is 0.758. The number of nitrogens with one attached hydrogen (secondary N) is 6. The van der Waals surface area contributed by atoms with Gasteiger partial charge in [-0.15, -0.1) is 0 Å². The number of hydrogen-bond donors (Lipinski definition) is 8. The van der Waals surface area contributed by atoms with Gasteiger partial charge in [-0.05, 0) is 74.9 Å². The summed E-state index contributed by atoms with van der Waals surface area (Å²) in [5, 5.41) is 25.0. The Kier molecular flexibility index (Phi) is 12.1. The first-order chi connectivity index (χ1) is 26.2. The number of H-pyrrole nitrogens is 1. The van der Waals surface area contributed by atoms with E-state index in [1.807, 2.05) is 24.3 Å². The number of phenols is 1. The van der Waals surface area contributed by atoms with Crippen LogP contribution in [0.2, 0.25) is 0 Å². The van der Waals surface area contributed by atoms with Gasteiger partial charge >= 0.3 is 0 Å². The highest BCUT2D eigenvalue weighted by Crippen LogP contribution is 2.38. The molecule has 6 rings (SSSR count). The van der Waals surface area contributed by atoms with E-state index in [9.17, 15) is 29.1 Å². The van der Waals surface area contributed by atoms with E-state index in [1.54, 1.807) is 46.0 Å². The highest BCUT2D eigenvalue weighted by Gasteiger charge is 2.58. The summed E-state index contributed by atoms with van der Waals surface area (Å²) >= 11 is 0. The number of benzene rings is 2. The minimum Gasteiger partial charge on any atom is -0.508 e. The molecule has 3 fully saturated rings. The van der Waals surface area contributed by atoms with E-state index in [4.69, 9.17) is 19.9 Å². The third kappa shape index (κ3) is 9.27. The zero-order valence-corrected chi connectivity index (χ0v) is 31.4. The molecule has 5 amide bonds. The van der Waals surface area contributed by atoms with Gasteiger partial charge in [-0.1, -0.05) is 44.2 Å². The average molecular weight is 762 g/mol. The van der Waals surface area contributed by atoms with Gasteiger partial charge in [0.1, 0.15) is 36.0 Å². The number of amides is 5. The van der Waals surface area contributed by atoms with Crippen molar-refractivity contribution in [2.45, 2.75) is 114 Å². The molecule has 0 spiro atoms. The van der Waals surface area contributed by atoms with Crippen LogP contribution in [-0.4, -0.2) is 101 Å². The summed E-state index contributed by atoms with van der Waals surface area (Å²) in [5.74, 6) is -4.73. The summed E-state index contributed by atoms with van der Waals surface area (Å²) < 4.78 is 18.1. The number of aromatic hydroxyl groups is 1. The lowest BCUT2D eigenvalue weighted by Gasteiger charge is -2.31. The Morgan fingerprint density at radius 1 is 0.764 bits per heavy atom. The van der Waals surface area contributed by atoms with Crippen LogP contribution in [0.1, 0.15) is 58.1 Å². The van der Waals surface area contributed by atoms with Gasteiger partial charge in [0.15, 0.2) is 18.2 Å². The van der Waals surface area contributed by atoms with Crippen LogP contribution < -0.4 is 32.3 Å². The van der Waals surface area contributed by atoms with Crippen molar-refractivity contribution in [2.75, 3.05) is 6.54 Å². The monoisotopic (exact) mass is 761 g/mol. The average Bonchev–Trinajstić information content (AvgIpc) is 3.79. The molecule has 16 heteroatoms. The molecule has 8 atom stereocenters. The smallest absolute Gasteiger partial charge is 0.252 e. The van der Waals surface area contributed by atoms with E-state index in [0.29, 0.717) is 24.9 Å². The summed E-state index contributed by atoms with van der Waals surface area (Å²) in [5.41, 5.74) is 7.93. The Bertz CT molecular complexity index is 1880. The number of nitrogens with two attached hydrogens (primary N) is 1. The van der Waals surface area contributed by atoms with E-state index >= 15 is 0 Å². The first-order valence-corrected chi connectivity index (χ1v) is 18.8. The molecule has 3 aliphatic heterocycles. The van der Waals surface area contributed by atoms with Crippen molar-refractivity contribution >= 4 is 40.4 Å². The Morgan fingerprint density at radius 2 is 1.42 bits per heavy atom. The summed E-state index contributed by atoms with van der Waals surface area (Å²) in [6.45, 7) is 7.27. The second kappa shape index (κ2) is 16.8. The Morgan fingerprint density at radius 3 is 2.13 bits per heavy atom. The van der Waals surface area contributed by atoms with Crippen molar-refractivity contribution < 1.29 is 43.3 Å². The van der Waals surface area contributed by atoms with Crippen molar-refractivity contribution in [2.24, 2.45) is 11.7 Å². The van der Waals surface area contributed by atoms with Gasteiger partial charge in [-0.25, -0.2) is 0 Å². The van der Waals surface area contributed by atoms with Crippen molar-refractivity contribution in [3.05, 3.63) is 65.9 Å². The van der Waals surface area contributed by atoms with Crippen LogP contribution in [0.25, 0.3) is 10.9 Å². The molecule has 0 bridgehead atoms. The molecule has 0 saturated carbocycles. The largest absolute Gasteiger partial charge is 0.508 e. The molecule has 296 valence electrons. The SMILES string of the molecule is CC(C)[C@@H]1NC(=O)[C@H](CCCCN)NC(=O)[C@H](Cc2c[nH]c3ccccc23)NC(=O)[C@H](Cc2ccc(O)cc2)NC(=O)[C@H]2O[C@@H]3OC(C)(C)OC3[C@@H]2NC1=O. The maximum Gasteiger partial charge on any atom is 0.252 e. The minimum absolute atomic E-state index is 0.0165. The molecule has 0 radical (unpaired) electrons. The number of hydrogen-bond acceptors (Lipinski definition) is 10. The topological polar surface area (TPSA) is 235 Å². The standard InChI is InChI=1S/C39H51N7O9/c1-20(2)29-36(51)46-30-31(53-38-32(30)54-39(3,4)55-38)37(52)44-27(17-21-12-14-23(47)15-13-21)34(49)43-28(18-22-19-41-25-10-6-5-9-24(22)25)35(50)42-26(33(48)45-29)11-7-8-16-40/h5-6,9-10,12-15,19-20,26-32,38,41,47H,7-8,11,16-18,40H2,1-4H3,(H,42,50)(H,43,49)(H,44,52)(H,45,48)(H,46,51)/t26-,27-,28-,29-,30+,31-,32?,38+/m0/s1. The number of aromatic nitrogens is 1. The summed E-state index contributed by atoms with van der Waals surface area (Å²) in [6.07, 6.45) is -0.207. The second-order valence-electron chi connectivity index (χ2n) is 15.2. The lowest BCUT2D eigenvalue weighted by atomic mass is 9.98. The number of carbonyl (C=O) groups is 5. The van der Waals surface area contributed by atoms with E-state index < -0.39 is 89.9 Å². The molecule has 3 aliphatic rings. The van der Waals surface area contributed by atoms with Gasteiger partial charge in [-0.2, -0.15) is 0 Å². The van der Waals surface area contributed by atoms with Gasteiger partial charge in [0, 0.05) is 29.9 Å². The predicted molar refractivity (Wildman–Crippen MR) is 200 cm³/mol. The summed E-state index contributed by atoms with van der Waals surface area (Å²) in [7, 11) is 0. The molecular weight excluding hydrogens is 710 g/mol. The lowest BCUT2D eigenvalue weighted by molar-refractivity contribution is -0.208. The molecule has 0 aliphatic carbocycles. The number of carbonyl (C=O) groups excluding carboxylic acids is 5. The Labute approximate surface area is 319 Å². The van der Waals surface area contributed by atoms with Crippen LogP contribution in [0.15, 0.2) is 54.7 Å². The highest BCUT2D eigenvalue weighted by molar-refractivity contribution is 5.97. The van der Waals surface area contributed by atoms with Gasteiger partial charge < -0.3 is 56.6 Å². The van der Waals surface area contributed by atoms with Gasteiger partial charge in [0.2, 0.25) is 23.6 Å². The number of phenolic OH excluding ortho intramolecular Hbond substituents is 1. The number of para-hydroxylation sites is 1. The van der Waals surface area contributed by atoms with Crippen LogP contribution in [-0.2, 0) is 51.0 Å². The van der Waals surface area contributed by atoms with E-state index in [-0.39, 0.29) is 25.0 Å². The number of fused-ring (bicyclic) bond motifs is 4. The number of unbranched alkanes of at least 4 members (excludes halogenated alkanes) is 1. The van der Waals surface area contributed by atoms with Crippen LogP contribution in [0.5, 0.6) is 5.75 Å². The fourth-order valence-corrected chi connectivity index (χ4v) is 7.30. The molecule has 55 heavy (non-hydrogen) atoms. The molecule has 3 saturated heterocycles. The summed E-state index contributed by atoms with van der Waals surface area (Å²) in [4.78, 5) is 74.1. The Balaban J connectivity index is 1.40. The van der Waals surface area contributed by atoms with Crippen molar-refractivity contribution in [3.63, 3.8) is 0 Å². The molecule has 2 aromatic carbocycles.